The van der Waals surface area contributed by atoms with Crippen molar-refractivity contribution in [3.05, 3.63) is 42.0 Å². The van der Waals surface area contributed by atoms with Crippen LogP contribution in [0.1, 0.15) is 31.7 Å². The molecule has 124 valence electrons. The molecule has 1 saturated heterocycles. The van der Waals surface area contributed by atoms with Crippen LogP contribution >= 0.6 is 0 Å². The van der Waals surface area contributed by atoms with Gasteiger partial charge in [0.15, 0.2) is 0 Å². The van der Waals surface area contributed by atoms with Crippen LogP contribution in [0.25, 0.3) is 5.57 Å². The van der Waals surface area contributed by atoms with Crippen LogP contribution in [0.3, 0.4) is 0 Å². The Morgan fingerprint density at radius 3 is 2.74 bits per heavy atom. The summed E-state index contributed by atoms with van der Waals surface area (Å²) in [5.74, 6) is 0.500. The van der Waals surface area contributed by atoms with Gasteiger partial charge in [0.1, 0.15) is 0 Å². The van der Waals surface area contributed by atoms with E-state index in [1.165, 1.54) is 11.1 Å². The van der Waals surface area contributed by atoms with Crippen LogP contribution in [0.5, 0.6) is 0 Å². The van der Waals surface area contributed by atoms with Crippen molar-refractivity contribution in [2.45, 2.75) is 44.3 Å². The monoisotopic (exact) mass is 332 g/mol. The molecule has 0 saturated carbocycles. The largest absolute Gasteiger partial charge is 0.335 e. The van der Waals surface area contributed by atoms with E-state index in [0.717, 1.165) is 19.3 Å². The van der Waals surface area contributed by atoms with Crippen LogP contribution in [0.2, 0.25) is 0 Å². The number of nitrogens with zero attached hydrogens (tertiary/aromatic N) is 1. The Labute approximate surface area is 140 Å². The fraction of sp³-hybridized carbons (Fsp3) is 0.500. The van der Waals surface area contributed by atoms with E-state index in [0.29, 0.717) is 5.75 Å². The average molecular weight is 332 g/mol. The summed E-state index contributed by atoms with van der Waals surface area (Å²) in [5.41, 5.74) is 2.61. The van der Waals surface area contributed by atoms with Gasteiger partial charge in [0.2, 0.25) is 0 Å². The number of fused-ring (bicyclic) bond motifs is 2. The molecule has 0 unspecified atom stereocenters. The van der Waals surface area contributed by atoms with Gasteiger partial charge < -0.3 is 10.2 Å². The third kappa shape index (κ3) is 3.66. The molecule has 5 heteroatoms. The van der Waals surface area contributed by atoms with E-state index in [-0.39, 0.29) is 24.2 Å². The number of carbonyl (C=O) groups excluding carboxylic acids is 1. The minimum atomic E-state index is -0.895. The van der Waals surface area contributed by atoms with Crippen molar-refractivity contribution in [2.75, 3.05) is 12.0 Å². The smallest absolute Gasteiger partial charge is 0.318 e. The van der Waals surface area contributed by atoms with E-state index in [2.05, 4.69) is 35.7 Å². The summed E-state index contributed by atoms with van der Waals surface area (Å²) < 4.78 is 11.3. The van der Waals surface area contributed by atoms with E-state index in [9.17, 15) is 9.00 Å². The van der Waals surface area contributed by atoms with Crippen molar-refractivity contribution in [1.29, 1.82) is 0 Å². The lowest BCUT2D eigenvalue weighted by Crippen LogP contribution is -2.51. The lowest BCUT2D eigenvalue weighted by Gasteiger charge is -2.35. The quantitative estimate of drug-likeness (QED) is 0.922. The summed E-state index contributed by atoms with van der Waals surface area (Å²) >= 11 is 0. The standard InChI is InChI=1S/C18H24N2O2S/c1-13(12-23(2)22)19-18(21)20-16-8-9-17(20)11-15(10-16)14-6-4-3-5-7-14/h3-7,10,13,16-17H,8-9,11-12H2,1-2H3,(H,19,21)/t13-,16-,17-,23+/m1/s1. The van der Waals surface area contributed by atoms with Gasteiger partial charge in [-0.05, 0) is 37.3 Å². The minimum Gasteiger partial charge on any atom is -0.335 e. The van der Waals surface area contributed by atoms with Gasteiger partial charge in [0, 0.05) is 34.9 Å². The maximum absolute atomic E-state index is 12.6. The second kappa shape index (κ2) is 6.87. The topological polar surface area (TPSA) is 49.4 Å². The number of amides is 2. The van der Waals surface area contributed by atoms with Gasteiger partial charge in [-0.2, -0.15) is 0 Å². The molecule has 1 aromatic rings. The zero-order chi connectivity index (χ0) is 16.4. The van der Waals surface area contributed by atoms with Gasteiger partial charge in [-0.3, -0.25) is 4.21 Å². The first-order chi connectivity index (χ1) is 11.0. The SMILES string of the molecule is C[C@H](C[S@](C)=O)NC(=O)N1[C@@H]2CC[C@@H]1C=C(c1ccccc1)C2. The molecule has 2 amide bonds. The summed E-state index contributed by atoms with van der Waals surface area (Å²) in [6.45, 7) is 1.91. The highest BCUT2D eigenvalue weighted by molar-refractivity contribution is 7.84. The van der Waals surface area contributed by atoms with Crippen molar-refractivity contribution >= 4 is 22.4 Å². The summed E-state index contributed by atoms with van der Waals surface area (Å²) in [6.07, 6.45) is 6.92. The van der Waals surface area contributed by atoms with Gasteiger partial charge in [-0.1, -0.05) is 36.4 Å². The highest BCUT2D eigenvalue weighted by Crippen LogP contribution is 2.38. The molecule has 0 aliphatic carbocycles. The van der Waals surface area contributed by atoms with E-state index in [1.807, 2.05) is 17.9 Å². The number of rotatable bonds is 4. The first-order valence-electron chi connectivity index (χ1n) is 8.19. The van der Waals surface area contributed by atoms with Crippen LogP contribution in [0, 0.1) is 0 Å². The number of carbonyl (C=O) groups is 1. The molecule has 1 aromatic carbocycles. The fourth-order valence-electron chi connectivity index (χ4n) is 3.69. The molecule has 0 aromatic heterocycles. The average Bonchev–Trinajstić information content (AvgIpc) is 2.77. The molecule has 1 N–H and O–H groups in total. The Morgan fingerprint density at radius 2 is 2.09 bits per heavy atom. The van der Waals surface area contributed by atoms with Crippen LogP contribution in [0.15, 0.2) is 36.4 Å². The Kier molecular flexibility index (Phi) is 4.85. The molecule has 2 aliphatic rings. The molecule has 23 heavy (non-hydrogen) atoms. The Morgan fingerprint density at radius 1 is 1.35 bits per heavy atom. The van der Waals surface area contributed by atoms with Crippen molar-refractivity contribution < 1.29 is 9.00 Å². The zero-order valence-corrected chi connectivity index (χ0v) is 14.5. The molecule has 2 heterocycles. The van der Waals surface area contributed by atoms with E-state index in [1.54, 1.807) is 6.26 Å². The van der Waals surface area contributed by atoms with E-state index in [4.69, 9.17) is 0 Å². The molecular weight excluding hydrogens is 308 g/mol. The second-order valence-corrected chi connectivity index (χ2v) is 8.04. The summed E-state index contributed by atoms with van der Waals surface area (Å²) in [4.78, 5) is 14.6. The number of nitrogens with one attached hydrogen (secondary N) is 1. The summed E-state index contributed by atoms with van der Waals surface area (Å²) in [5, 5.41) is 3.00. The molecular formula is C18H24N2O2S. The van der Waals surface area contributed by atoms with Crippen LogP contribution in [0.4, 0.5) is 4.79 Å². The highest BCUT2D eigenvalue weighted by Gasteiger charge is 2.39. The van der Waals surface area contributed by atoms with Crippen molar-refractivity contribution in [1.82, 2.24) is 10.2 Å². The Hall–Kier alpha value is -1.62. The predicted octanol–water partition coefficient (Wildman–Crippen LogP) is 2.78. The third-order valence-electron chi connectivity index (χ3n) is 4.63. The van der Waals surface area contributed by atoms with Crippen LogP contribution in [-0.2, 0) is 10.8 Å². The van der Waals surface area contributed by atoms with Crippen LogP contribution < -0.4 is 5.32 Å². The second-order valence-electron chi connectivity index (χ2n) is 6.56. The molecule has 0 radical (unpaired) electrons. The molecule has 0 spiro atoms. The zero-order valence-electron chi connectivity index (χ0n) is 13.7. The lowest BCUT2D eigenvalue weighted by atomic mass is 9.95. The van der Waals surface area contributed by atoms with Gasteiger partial charge >= 0.3 is 6.03 Å². The minimum absolute atomic E-state index is 0.0150. The number of hydrogen-bond acceptors (Lipinski definition) is 2. The van der Waals surface area contributed by atoms with E-state index < -0.39 is 10.8 Å². The molecule has 1 fully saturated rings. The first-order valence-corrected chi connectivity index (χ1v) is 9.92. The van der Waals surface area contributed by atoms with Gasteiger partial charge in [0.25, 0.3) is 0 Å². The molecule has 2 bridgehead atoms. The fourth-order valence-corrected chi connectivity index (χ4v) is 4.48. The molecule has 4 atom stereocenters. The lowest BCUT2D eigenvalue weighted by molar-refractivity contribution is 0.177. The number of hydrogen-bond donors (Lipinski definition) is 1. The van der Waals surface area contributed by atoms with Crippen molar-refractivity contribution in [3.63, 3.8) is 0 Å². The molecule has 2 aliphatic heterocycles. The first kappa shape index (κ1) is 16.2. The number of benzene rings is 1. The highest BCUT2D eigenvalue weighted by atomic mass is 32.2. The summed E-state index contributed by atoms with van der Waals surface area (Å²) in [7, 11) is -0.895. The summed E-state index contributed by atoms with van der Waals surface area (Å²) in [6, 6.07) is 10.8. The third-order valence-corrected chi connectivity index (χ3v) is 5.60. The van der Waals surface area contributed by atoms with Gasteiger partial charge in [0.05, 0.1) is 6.04 Å². The van der Waals surface area contributed by atoms with Crippen molar-refractivity contribution in [3.8, 4) is 0 Å². The predicted molar refractivity (Wildman–Crippen MR) is 94.6 cm³/mol. The van der Waals surface area contributed by atoms with E-state index >= 15 is 0 Å². The van der Waals surface area contributed by atoms with Gasteiger partial charge in [-0.25, -0.2) is 4.79 Å². The maximum Gasteiger partial charge on any atom is 0.318 e. The number of urea groups is 1. The molecule has 4 nitrogen and oxygen atoms in total. The van der Waals surface area contributed by atoms with Gasteiger partial charge in [-0.15, -0.1) is 0 Å². The Bertz CT molecular complexity index is 629. The van der Waals surface area contributed by atoms with Crippen molar-refractivity contribution in [2.24, 2.45) is 0 Å². The maximum atomic E-state index is 12.6. The normalized spacial score (nSPS) is 25.7. The molecule has 3 rings (SSSR count). The van der Waals surface area contributed by atoms with Crippen LogP contribution in [-0.4, -0.2) is 45.3 Å². The Balaban J connectivity index is 1.71.